The Labute approximate surface area is 141 Å². The average molecular weight is 326 g/mol. The SMILES string of the molecule is COc1ccc2c(c1)CCN(Cc1ccc(C(=O)NO)cc1)CC2. The van der Waals surface area contributed by atoms with Crippen molar-refractivity contribution in [3.63, 3.8) is 0 Å². The molecule has 0 saturated heterocycles. The fraction of sp³-hybridized carbons (Fsp3) is 0.316. The van der Waals surface area contributed by atoms with Gasteiger partial charge in [-0.05, 0) is 53.8 Å². The Hall–Kier alpha value is -2.37. The second-order valence-electron chi connectivity index (χ2n) is 6.05. The zero-order chi connectivity index (χ0) is 16.9. The Kier molecular flexibility index (Phi) is 5.13. The summed E-state index contributed by atoms with van der Waals surface area (Å²) < 4.78 is 5.32. The minimum absolute atomic E-state index is 0.455. The molecule has 2 aromatic carbocycles. The number of nitrogens with one attached hydrogen (secondary N) is 1. The lowest BCUT2D eigenvalue weighted by molar-refractivity contribution is 0.0706. The van der Waals surface area contributed by atoms with E-state index in [4.69, 9.17) is 9.94 Å². The third kappa shape index (κ3) is 3.75. The normalized spacial score (nSPS) is 14.6. The highest BCUT2D eigenvalue weighted by molar-refractivity contribution is 5.93. The number of carbonyl (C=O) groups excluding carboxylic acids is 1. The van der Waals surface area contributed by atoms with Crippen molar-refractivity contribution < 1.29 is 14.7 Å². The molecular formula is C19H22N2O3. The first-order valence-electron chi connectivity index (χ1n) is 8.11. The van der Waals surface area contributed by atoms with Crippen molar-refractivity contribution in [2.75, 3.05) is 20.2 Å². The second kappa shape index (κ2) is 7.47. The lowest BCUT2D eigenvalue weighted by atomic mass is 10.0. The summed E-state index contributed by atoms with van der Waals surface area (Å²) in [5.41, 5.74) is 6.03. The van der Waals surface area contributed by atoms with Crippen molar-refractivity contribution in [1.82, 2.24) is 10.4 Å². The lowest BCUT2D eigenvalue weighted by Crippen LogP contribution is -2.26. The van der Waals surface area contributed by atoms with Crippen LogP contribution in [0.15, 0.2) is 42.5 Å². The average Bonchev–Trinajstić information content (AvgIpc) is 2.83. The third-order valence-corrected chi connectivity index (χ3v) is 4.53. The minimum Gasteiger partial charge on any atom is -0.497 e. The van der Waals surface area contributed by atoms with Crippen molar-refractivity contribution in [3.05, 3.63) is 64.7 Å². The van der Waals surface area contributed by atoms with Crippen LogP contribution in [0.5, 0.6) is 5.75 Å². The monoisotopic (exact) mass is 326 g/mol. The molecule has 1 aliphatic heterocycles. The predicted octanol–water partition coefficient (Wildman–Crippen LogP) is 2.42. The number of hydroxylamine groups is 1. The molecular weight excluding hydrogens is 304 g/mol. The molecule has 1 heterocycles. The van der Waals surface area contributed by atoms with Crippen LogP contribution >= 0.6 is 0 Å². The number of hydrogen-bond donors (Lipinski definition) is 2. The van der Waals surface area contributed by atoms with E-state index in [-0.39, 0.29) is 0 Å². The number of benzene rings is 2. The van der Waals surface area contributed by atoms with Crippen LogP contribution in [0.2, 0.25) is 0 Å². The minimum atomic E-state index is -0.485. The zero-order valence-electron chi connectivity index (χ0n) is 13.8. The van der Waals surface area contributed by atoms with Gasteiger partial charge in [0.05, 0.1) is 7.11 Å². The van der Waals surface area contributed by atoms with Crippen LogP contribution in [0.3, 0.4) is 0 Å². The third-order valence-electron chi connectivity index (χ3n) is 4.53. The first-order chi connectivity index (χ1) is 11.7. The summed E-state index contributed by atoms with van der Waals surface area (Å²) in [4.78, 5) is 13.8. The van der Waals surface area contributed by atoms with Gasteiger partial charge in [-0.3, -0.25) is 14.9 Å². The number of methoxy groups -OCH3 is 1. The van der Waals surface area contributed by atoms with Crippen LogP contribution < -0.4 is 10.2 Å². The quantitative estimate of drug-likeness (QED) is 0.669. The number of nitrogens with zero attached hydrogens (tertiary/aromatic N) is 1. The van der Waals surface area contributed by atoms with Gasteiger partial charge in [-0.1, -0.05) is 18.2 Å². The maximum atomic E-state index is 11.4. The van der Waals surface area contributed by atoms with E-state index in [2.05, 4.69) is 17.0 Å². The van der Waals surface area contributed by atoms with E-state index < -0.39 is 5.91 Å². The lowest BCUT2D eigenvalue weighted by Gasteiger charge is -2.19. The van der Waals surface area contributed by atoms with Crippen LogP contribution in [-0.4, -0.2) is 36.2 Å². The molecule has 0 aromatic heterocycles. The summed E-state index contributed by atoms with van der Waals surface area (Å²) >= 11 is 0. The van der Waals surface area contributed by atoms with E-state index in [0.717, 1.165) is 43.8 Å². The zero-order valence-corrected chi connectivity index (χ0v) is 13.8. The molecule has 126 valence electrons. The second-order valence-corrected chi connectivity index (χ2v) is 6.05. The fourth-order valence-corrected chi connectivity index (χ4v) is 3.12. The van der Waals surface area contributed by atoms with Gasteiger partial charge >= 0.3 is 0 Å². The van der Waals surface area contributed by atoms with Gasteiger partial charge in [-0.2, -0.15) is 0 Å². The van der Waals surface area contributed by atoms with Gasteiger partial charge in [0.1, 0.15) is 5.75 Å². The standard InChI is InChI=1S/C19H22N2O3/c1-24-18-7-6-15-8-10-21(11-9-17(15)12-18)13-14-2-4-16(5-3-14)19(22)20-23/h2-7,12,23H,8-11,13H2,1H3,(H,20,22). The summed E-state index contributed by atoms with van der Waals surface area (Å²) in [5.74, 6) is 0.431. The van der Waals surface area contributed by atoms with E-state index in [0.29, 0.717) is 5.56 Å². The molecule has 0 atom stereocenters. The summed E-state index contributed by atoms with van der Waals surface area (Å²) in [6.45, 7) is 2.86. The van der Waals surface area contributed by atoms with Gasteiger partial charge in [0.15, 0.2) is 0 Å². The Balaban J connectivity index is 1.64. The van der Waals surface area contributed by atoms with Crippen molar-refractivity contribution in [3.8, 4) is 5.75 Å². The number of ether oxygens (including phenoxy) is 1. The molecule has 0 aliphatic carbocycles. The molecule has 0 unspecified atom stereocenters. The Morgan fingerprint density at radius 1 is 1.12 bits per heavy atom. The maximum Gasteiger partial charge on any atom is 0.274 e. The van der Waals surface area contributed by atoms with Crippen LogP contribution in [0.25, 0.3) is 0 Å². The number of hydrogen-bond acceptors (Lipinski definition) is 4. The highest BCUT2D eigenvalue weighted by Crippen LogP contribution is 2.22. The molecule has 24 heavy (non-hydrogen) atoms. The number of amides is 1. The van der Waals surface area contributed by atoms with Crippen LogP contribution in [-0.2, 0) is 19.4 Å². The molecule has 2 aromatic rings. The molecule has 0 bridgehead atoms. The van der Waals surface area contributed by atoms with Gasteiger partial charge < -0.3 is 4.74 Å². The van der Waals surface area contributed by atoms with Crippen molar-refractivity contribution >= 4 is 5.91 Å². The number of fused-ring (bicyclic) bond motifs is 1. The molecule has 0 radical (unpaired) electrons. The largest absolute Gasteiger partial charge is 0.497 e. The maximum absolute atomic E-state index is 11.4. The molecule has 3 rings (SSSR count). The highest BCUT2D eigenvalue weighted by atomic mass is 16.5. The highest BCUT2D eigenvalue weighted by Gasteiger charge is 2.15. The molecule has 0 fully saturated rings. The first kappa shape index (κ1) is 16.5. The van der Waals surface area contributed by atoms with Gasteiger partial charge in [0, 0.05) is 25.2 Å². The number of rotatable bonds is 4. The topological polar surface area (TPSA) is 61.8 Å². The summed E-state index contributed by atoms with van der Waals surface area (Å²) in [7, 11) is 1.70. The Morgan fingerprint density at radius 2 is 1.83 bits per heavy atom. The van der Waals surface area contributed by atoms with Crippen molar-refractivity contribution in [2.24, 2.45) is 0 Å². The van der Waals surface area contributed by atoms with Gasteiger partial charge in [0.25, 0.3) is 5.91 Å². The molecule has 5 nitrogen and oxygen atoms in total. The molecule has 0 spiro atoms. The Morgan fingerprint density at radius 3 is 2.50 bits per heavy atom. The van der Waals surface area contributed by atoms with Crippen molar-refractivity contribution in [2.45, 2.75) is 19.4 Å². The van der Waals surface area contributed by atoms with E-state index in [1.165, 1.54) is 11.1 Å². The van der Waals surface area contributed by atoms with E-state index in [1.54, 1.807) is 24.7 Å². The summed E-state index contributed by atoms with van der Waals surface area (Å²) in [6, 6.07) is 13.7. The molecule has 1 amide bonds. The predicted molar refractivity (Wildman–Crippen MR) is 91.4 cm³/mol. The molecule has 0 saturated carbocycles. The van der Waals surface area contributed by atoms with Crippen LogP contribution in [0.1, 0.15) is 27.0 Å². The van der Waals surface area contributed by atoms with Gasteiger partial charge in [0.2, 0.25) is 0 Å². The first-order valence-corrected chi connectivity index (χ1v) is 8.11. The van der Waals surface area contributed by atoms with Crippen molar-refractivity contribution in [1.29, 1.82) is 0 Å². The van der Waals surface area contributed by atoms with E-state index >= 15 is 0 Å². The van der Waals surface area contributed by atoms with Gasteiger partial charge in [-0.25, -0.2) is 5.48 Å². The summed E-state index contributed by atoms with van der Waals surface area (Å²) in [6.07, 6.45) is 2.04. The summed E-state index contributed by atoms with van der Waals surface area (Å²) in [5, 5.41) is 8.66. The number of carbonyl (C=O) groups is 1. The van der Waals surface area contributed by atoms with E-state index in [1.807, 2.05) is 18.2 Å². The fourth-order valence-electron chi connectivity index (χ4n) is 3.12. The molecule has 1 aliphatic rings. The van der Waals surface area contributed by atoms with Crippen LogP contribution in [0.4, 0.5) is 0 Å². The molecule has 2 N–H and O–H groups in total. The smallest absolute Gasteiger partial charge is 0.274 e. The Bertz CT molecular complexity index is 713. The van der Waals surface area contributed by atoms with Gasteiger partial charge in [-0.15, -0.1) is 0 Å². The van der Waals surface area contributed by atoms with E-state index in [9.17, 15) is 4.79 Å². The molecule has 5 heteroatoms. The van der Waals surface area contributed by atoms with Crippen LogP contribution in [0, 0.1) is 0 Å².